The van der Waals surface area contributed by atoms with Crippen LogP contribution in [-0.2, 0) is 5.41 Å². The first-order valence-electron chi connectivity index (χ1n) is 19.3. The minimum Gasteiger partial charge on any atom is -0.457 e. The van der Waals surface area contributed by atoms with Crippen LogP contribution in [-0.4, -0.2) is 15.0 Å². The number of rotatable bonds is 5. The topological polar surface area (TPSA) is 71.7 Å². The molecule has 1 spiro atoms. The van der Waals surface area contributed by atoms with Crippen molar-refractivity contribution in [2.24, 2.45) is 0 Å². The zero-order valence-corrected chi connectivity index (χ0v) is 31.2. The summed E-state index contributed by atoms with van der Waals surface area (Å²) in [7, 11) is 0. The summed E-state index contributed by atoms with van der Waals surface area (Å²) >= 11 is 0. The second-order valence-electron chi connectivity index (χ2n) is 14.6. The van der Waals surface area contributed by atoms with Crippen LogP contribution in [0.5, 0.6) is 11.5 Å². The summed E-state index contributed by atoms with van der Waals surface area (Å²) in [6, 6.07) is 69.1. The summed E-state index contributed by atoms with van der Waals surface area (Å²) in [6.45, 7) is 0. The molecular formula is C53H32N4O. The Bertz CT molecular complexity index is 2980. The van der Waals surface area contributed by atoms with Crippen LogP contribution in [0, 0.1) is 11.3 Å². The maximum atomic E-state index is 9.65. The summed E-state index contributed by atoms with van der Waals surface area (Å²) in [4.78, 5) is 14.9. The maximum Gasteiger partial charge on any atom is 0.164 e. The van der Waals surface area contributed by atoms with E-state index in [4.69, 9.17) is 19.7 Å². The highest BCUT2D eigenvalue weighted by atomic mass is 16.5. The third kappa shape index (κ3) is 5.13. The third-order valence-electron chi connectivity index (χ3n) is 11.5. The van der Waals surface area contributed by atoms with Crippen LogP contribution in [0.15, 0.2) is 194 Å². The van der Waals surface area contributed by atoms with Gasteiger partial charge >= 0.3 is 0 Å². The first-order valence-corrected chi connectivity index (χ1v) is 19.3. The number of hydrogen-bond acceptors (Lipinski definition) is 5. The Morgan fingerprint density at radius 1 is 0.362 bits per heavy atom. The van der Waals surface area contributed by atoms with E-state index in [1.807, 2.05) is 84.9 Å². The van der Waals surface area contributed by atoms with Crippen molar-refractivity contribution in [2.45, 2.75) is 5.41 Å². The summed E-state index contributed by atoms with van der Waals surface area (Å²) in [5.74, 6) is 3.56. The van der Waals surface area contributed by atoms with E-state index >= 15 is 0 Å². The van der Waals surface area contributed by atoms with Gasteiger partial charge in [-0.15, -0.1) is 0 Å². The number of nitrogens with zero attached hydrogens (tertiary/aromatic N) is 4. The lowest BCUT2D eigenvalue weighted by atomic mass is 9.66. The molecule has 0 amide bonds. The van der Waals surface area contributed by atoms with Crippen LogP contribution in [0.25, 0.3) is 67.5 Å². The molecule has 58 heavy (non-hydrogen) atoms. The minimum atomic E-state index is -0.638. The van der Waals surface area contributed by atoms with Crippen molar-refractivity contribution in [3.8, 4) is 85.1 Å². The fourth-order valence-corrected chi connectivity index (χ4v) is 8.93. The molecule has 5 nitrogen and oxygen atoms in total. The lowest BCUT2D eigenvalue weighted by molar-refractivity contribution is 0.436. The normalized spacial score (nSPS) is 12.7. The standard InChI is InChI=1S/C53H32N4O/c54-33-34-25-27-35(28-26-34)40-17-11-21-44-48(40)49-41(18-12-22-45(49)53(44)42-19-7-9-23-46(42)58-47-24-10-8-20-43(47)53)36-29-31-39(32-30-36)52-56-50(37-13-3-1-4-14-37)55-51(57-52)38-15-5-2-6-16-38/h1-32H. The van der Waals surface area contributed by atoms with Gasteiger partial charge in [0, 0.05) is 27.8 Å². The van der Waals surface area contributed by atoms with Gasteiger partial charge in [0.2, 0.25) is 0 Å². The molecule has 0 saturated carbocycles. The summed E-state index contributed by atoms with van der Waals surface area (Å²) in [5.41, 5.74) is 14.1. The molecule has 0 saturated heterocycles. The smallest absolute Gasteiger partial charge is 0.164 e. The van der Waals surface area contributed by atoms with E-state index in [2.05, 4.69) is 115 Å². The SMILES string of the molecule is N#Cc1ccc(-c2cccc3c2-c2c(-c4ccc(-c5nc(-c6ccccc6)nc(-c6ccccc6)n5)cc4)cccc2C32c3ccccc3Oc3ccccc32)cc1. The lowest BCUT2D eigenvalue weighted by Gasteiger charge is -2.39. The maximum absolute atomic E-state index is 9.65. The van der Waals surface area contributed by atoms with Crippen LogP contribution in [0.1, 0.15) is 27.8 Å². The highest BCUT2D eigenvalue weighted by Gasteiger charge is 2.52. The zero-order chi connectivity index (χ0) is 38.6. The summed E-state index contributed by atoms with van der Waals surface area (Å²) in [5, 5.41) is 9.65. The molecule has 0 fully saturated rings. The number of fused-ring (bicyclic) bond motifs is 9. The molecule has 9 aromatic rings. The van der Waals surface area contributed by atoms with Crippen molar-refractivity contribution >= 4 is 0 Å². The molecule has 0 radical (unpaired) electrons. The van der Waals surface area contributed by atoms with Crippen LogP contribution in [0.3, 0.4) is 0 Å². The average Bonchev–Trinajstić information content (AvgIpc) is 3.60. The van der Waals surface area contributed by atoms with Gasteiger partial charge in [0.1, 0.15) is 11.5 Å². The Kier molecular flexibility index (Phi) is 7.70. The van der Waals surface area contributed by atoms with E-state index in [0.717, 1.165) is 61.6 Å². The van der Waals surface area contributed by atoms with Crippen LogP contribution in [0.4, 0.5) is 0 Å². The van der Waals surface area contributed by atoms with E-state index < -0.39 is 5.41 Å². The molecule has 0 bridgehead atoms. The molecule has 1 aromatic heterocycles. The van der Waals surface area contributed by atoms with Gasteiger partial charge in [0.25, 0.3) is 0 Å². The molecule has 11 rings (SSSR count). The predicted molar refractivity (Wildman–Crippen MR) is 229 cm³/mol. The third-order valence-corrected chi connectivity index (χ3v) is 11.5. The Hall–Kier alpha value is -7.94. The average molecular weight is 741 g/mol. The van der Waals surface area contributed by atoms with Gasteiger partial charge in [0.15, 0.2) is 17.5 Å². The van der Waals surface area contributed by atoms with Crippen molar-refractivity contribution in [3.05, 3.63) is 222 Å². The van der Waals surface area contributed by atoms with E-state index in [9.17, 15) is 5.26 Å². The molecule has 0 N–H and O–H groups in total. The Labute approximate surface area is 336 Å². The summed E-state index contributed by atoms with van der Waals surface area (Å²) in [6.07, 6.45) is 0. The van der Waals surface area contributed by atoms with Gasteiger partial charge in [-0.2, -0.15) is 5.26 Å². The number of ether oxygens (including phenoxy) is 1. The van der Waals surface area contributed by atoms with Crippen LogP contribution in [0.2, 0.25) is 0 Å². The predicted octanol–water partition coefficient (Wildman–Crippen LogP) is 12.5. The largest absolute Gasteiger partial charge is 0.457 e. The molecule has 270 valence electrons. The minimum absolute atomic E-state index is 0.611. The van der Waals surface area contributed by atoms with E-state index in [1.165, 1.54) is 22.3 Å². The molecule has 8 aromatic carbocycles. The number of hydrogen-bond donors (Lipinski definition) is 0. The quantitative estimate of drug-likeness (QED) is 0.176. The van der Waals surface area contributed by atoms with Gasteiger partial charge in [-0.25, -0.2) is 15.0 Å². The highest BCUT2D eigenvalue weighted by Crippen LogP contribution is 2.64. The van der Waals surface area contributed by atoms with E-state index in [0.29, 0.717) is 23.0 Å². The molecule has 0 atom stereocenters. The van der Waals surface area contributed by atoms with E-state index in [-0.39, 0.29) is 0 Å². The first-order chi connectivity index (χ1) is 28.7. The zero-order valence-electron chi connectivity index (χ0n) is 31.2. The van der Waals surface area contributed by atoms with Gasteiger partial charge in [-0.05, 0) is 68.8 Å². The van der Waals surface area contributed by atoms with Gasteiger partial charge < -0.3 is 4.74 Å². The van der Waals surface area contributed by atoms with Crippen LogP contribution < -0.4 is 4.74 Å². The number of para-hydroxylation sites is 2. The van der Waals surface area contributed by atoms with Gasteiger partial charge in [-0.3, -0.25) is 0 Å². The lowest BCUT2D eigenvalue weighted by Crippen LogP contribution is -2.32. The fourth-order valence-electron chi connectivity index (χ4n) is 8.93. The molecule has 2 aliphatic rings. The monoisotopic (exact) mass is 740 g/mol. The van der Waals surface area contributed by atoms with Crippen molar-refractivity contribution in [1.29, 1.82) is 5.26 Å². The molecule has 1 aliphatic carbocycles. The Morgan fingerprint density at radius 2 is 0.741 bits per heavy atom. The fraction of sp³-hybridized carbons (Fsp3) is 0.0189. The van der Waals surface area contributed by atoms with Crippen molar-refractivity contribution in [2.75, 3.05) is 0 Å². The van der Waals surface area contributed by atoms with Gasteiger partial charge in [0.05, 0.1) is 17.0 Å². The number of aromatic nitrogens is 3. The van der Waals surface area contributed by atoms with E-state index in [1.54, 1.807) is 0 Å². The number of nitriles is 1. The molecule has 0 unspecified atom stereocenters. The van der Waals surface area contributed by atoms with Crippen molar-refractivity contribution in [1.82, 2.24) is 15.0 Å². The van der Waals surface area contributed by atoms with Crippen molar-refractivity contribution < 1.29 is 4.74 Å². The molecular weight excluding hydrogens is 709 g/mol. The Balaban J connectivity index is 1.13. The second kappa shape index (κ2) is 13.4. The Morgan fingerprint density at radius 3 is 1.21 bits per heavy atom. The number of benzene rings is 8. The summed E-state index contributed by atoms with van der Waals surface area (Å²) < 4.78 is 6.63. The van der Waals surface area contributed by atoms with Crippen LogP contribution >= 0.6 is 0 Å². The first kappa shape index (κ1) is 33.4. The van der Waals surface area contributed by atoms with Crippen molar-refractivity contribution in [3.63, 3.8) is 0 Å². The molecule has 5 heteroatoms. The van der Waals surface area contributed by atoms with Gasteiger partial charge in [-0.1, -0.05) is 170 Å². The molecule has 1 aliphatic heterocycles. The second-order valence-corrected chi connectivity index (χ2v) is 14.6. The highest BCUT2D eigenvalue weighted by molar-refractivity contribution is 6.02. The molecule has 2 heterocycles.